The third-order valence-electron chi connectivity index (χ3n) is 3.94. The van der Waals surface area contributed by atoms with Gasteiger partial charge in [-0.15, -0.1) is 0 Å². The minimum atomic E-state index is -0.293. The van der Waals surface area contributed by atoms with Crippen LogP contribution in [0.1, 0.15) is 17.5 Å². The van der Waals surface area contributed by atoms with Crippen LogP contribution in [0.5, 0.6) is 11.5 Å². The first-order valence-corrected chi connectivity index (χ1v) is 6.65. The average Bonchev–Trinajstić information content (AvgIpc) is 2.51. The molecule has 1 aliphatic carbocycles. The van der Waals surface area contributed by atoms with Crippen LogP contribution < -0.4 is 9.47 Å². The van der Waals surface area contributed by atoms with Crippen molar-refractivity contribution in [3.05, 3.63) is 23.3 Å². The Morgan fingerprint density at radius 2 is 2.00 bits per heavy atom. The van der Waals surface area contributed by atoms with Gasteiger partial charge in [0.15, 0.2) is 11.5 Å². The SMILES string of the molecule is COC(=O)N(C)C1CCc2c(ccc(OC)c2OC)C1. The Morgan fingerprint density at radius 1 is 1.25 bits per heavy atom. The second kappa shape index (κ2) is 6.03. The van der Waals surface area contributed by atoms with E-state index in [2.05, 4.69) is 0 Å². The molecule has 1 aliphatic rings. The zero-order valence-corrected chi connectivity index (χ0v) is 12.4. The van der Waals surface area contributed by atoms with E-state index in [-0.39, 0.29) is 12.1 Å². The fourth-order valence-corrected chi connectivity index (χ4v) is 2.79. The molecule has 0 radical (unpaired) electrons. The highest BCUT2D eigenvalue weighted by atomic mass is 16.5. The molecule has 0 bridgehead atoms. The third kappa shape index (κ3) is 2.53. The van der Waals surface area contributed by atoms with Crippen LogP contribution >= 0.6 is 0 Å². The molecule has 5 nitrogen and oxygen atoms in total. The van der Waals surface area contributed by atoms with Crippen molar-refractivity contribution in [1.82, 2.24) is 4.90 Å². The minimum Gasteiger partial charge on any atom is -0.493 e. The number of rotatable bonds is 3. The van der Waals surface area contributed by atoms with Crippen LogP contribution in [0.15, 0.2) is 12.1 Å². The highest BCUT2D eigenvalue weighted by Crippen LogP contribution is 2.38. The predicted octanol–water partition coefficient (Wildman–Crippen LogP) is 2.26. The average molecular weight is 279 g/mol. The molecular weight excluding hydrogens is 258 g/mol. The van der Waals surface area contributed by atoms with E-state index in [1.54, 1.807) is 26.2 Å². The Kier molecular flexibility index (Phi) is 4.37. The number of ether oxygens (including phenoxy) is 3. The smallest absolute Gasteiger partial charge is 0.409 e. The van der Waals surface area contributed by atoms with E-state index in [0.717, 1.165) is 30.8 Å². The molecule has 2 rings (SSSR count). The van der Waals surface area contributed by atoms with E-state index >= 15 is 0 Å². The molecule has 110 valence electrons. The van der Waals surface area contributed by atoms with Crippen molar-refractivity contribution in [1.29, 1.82) is 0 Å². The minimum absolute atomic E-state index is 0.160. The molecule has 1 amide bonds. The summed E-state index contributed by atoms with van der Waals surface area (Å²) in [6.07, 6.45) is 2.27. The van der Waals surface area contributed by atoms with Gasteiger partial charge in [0.25, 0.3) is 0 Å². The molecule has 1 unspecified atom stereocenters. The van der Waals surface area contributed by atoms with Gasteiger partial charge in [-0.25, -0.2) is 4.79 Å². The maximum absolute atomic E-state index is 11.6. The molecule has 0 saturated heterocycles. The van der Waals surface area contributed by atoms with Crippen molar-refractivity contribution in [3.63, 3.8) is 0 Å². The van der Waals surface area contributed by atoms with Crippen LogP contribution in [0.4, 0.5) is 4.79 Å². The van der Waals surface area contributed by atoms with Gasteiger partial charge in [-0.1, -0.05) is 6.07 Å². The summed E-state index contributed by atoms with van der Waals surface area (Å²) in [7, 11) is 6.48. The van der Waals surface area contributed by atoms with Crippen molar-refractivity contribution in [2.45, 2.75) is 25.3 Å². The molecule has 0 saturated carbocycles. The fourth-order valence-electron chi connectivity index (χ4n) is 2.79. The monoisotopic (exact) mass is 279 g/mol. The first kappa shape index (κ1) is 14.5. The van der Waals surface area contributed by atoms with Crippen LogP contribution in [0, 0.1) is 0 Å². The number of hydrogen-bond donors (Lipinski definition) is 0. The first-order valence-electron chi connectivity index (χ1n) is 6.65. The van der Waals surface area contributed by atoms with Gasteiger partial charge in [-0.3, -0.25) is 0 Å². The van der Waals surface area contributed by atoms with Crippen molar-refractivity contribution in [2.75, 3.05) is 28.4 Å². The van der Waals surface area contributed by atoms with Gasteiger partial charge in [0.1, 0.15) is 0 Å². The molecule has 0 fully saturated rings. The van der Waals surface area contributed by atoms with Crippen LogP contribution in [0.2, 0.25) is 0 Å². The number of fused-ring (bicyclic) bond motifs is 1. The zero-order chi connectivity index (χ0) is 14.7. The van der Waals surface area contributed by atoms with Crippen LogP contribution in [0.25, 0.3) is 0 Å². The molecule has 5 heteroatoms. The lowest BCUT2D eigenvalue weighted by atomic mass is 9.87. The van der Waals surface area contributed by atoms with Gasteiger partial charge in [0, 0.05) is 18.7 Å². The van der Waals surface area contributed by atoms with E-state index in [1.807, 2.05) is 12.1 Å². The maximum Gasteiger partial charge on any atom is 0.409 e. The third-order valence-corrected chi connectivity index (χ3v) is 3.94. The van der Waals surface area contributed by atoms with Crippen molar-refractivity contribution < 1.29 is 19.0 Å². The highest BCUT2D eigenvalue weighted by Gasteiger charge is 2.28. The molecule has 0 heterocycles. The van der Waals surface area contributed by atoms with Crippen molar-refractivity contribution >= 4 is 6.09 Å². The summed E-state index contributed by atoms with van der Waals surface area (Å²) in [5.74, 6) is 1.56. The molecule has 20 heavy (non-hydrogen) atoms. The summed E-state index contributed by atoms with van der Waals surface area (Å²) in [6.45, 7) is 0. The maximum atomic E-state index is 11.6. The Morgan fingerprint density at radius 3 is 2.60 bits per heavy atom. The molecule has 0 N–H and O–H groups in total. The summed E-state index contributed by atoms with van der Waals surface area (Å²) in [4.78, 5) is 13.3. The summed E-state index contributed by atoms with van der Waals surface area (Å²) in [6, 6.07) is 4.12. The first-order chi connectivity index (χ1) is 9.62. The number of carbonyl (C=O) groups excluding carboxylic acids is 1. The fraction of sp³-hybridized carbons (Fsp3) is 0.533. The predicted molar refractivity (Wildman–Crippen MR) is 75.5 cm³/mol. The molecular formula is C15H21NO4. The van der Waals surface area contributed by atoms with Crippen molar-refractivity contribution in [3.8, 4) is 11.5 Å². The summed E-state index contributed by atoms with van der Waals surface area (Å²) in [5.41, 5.74) is 2.39. The van der Waals surface area contributed by atoms with E-state index in [9.17, 15) is 4.79 Å². The molecule has 0 aromatic heterocycles. The normalized spacial score (nSPS) is 17.1. The van der Waals surface area contributed by atoms with Crippen LogP contribution in [-0.4, -0.2) is 45.4 Å². The Labute approximate surface area is 119 Å². The number of amides is 1. The van der Waals surface area contributed by atoms with Crippen LogP contribution in [0.3, 0.4) is 0 Å². The lowest BCUT2D eigenvalue weighted by Crippen LogP contribution is -2.40. The number of methoxy groups -OCH3 is 3. The number of nitrogens with zero attached hydrogens (tertiary/aromatic N) is 1. The van der Waals surface area contributed by atoms with Gasteiger partial charge in [0.05, 0.1) is 21.3 Å². The molecule has 1 aromatic carbocycles. The van der Waals surface area contributed by atoms with E-state index in [1.165, 1.54) is 18.2 Å². The zero-order valence-electron chi connectivity index (χ0n) is 12.4. The van der Waals surface area contributed by atoms with Crippen molar-refractivity contribution in [2.24, 2.45) is 0 Å². The number of hydrogen-bond acceptors (Lipinski definition) is 4. The molecule has 1 aromatic rings. The Hall–Kier alpha value is -1.91. The van der Waals surface area contributed by atoms with E-state index in [0.29, 0.717) is 0 Å². The van der Waals surface area contributed by atoms with Gasteiger partial charge >= 0.3 is 6.09 Å². The largest absolute Gasteiger partial charge is 0.493 e. The van der Waals surface area contributed by atoms with E-state index in [4.69, 9.17) is 14.2 Å². The second-order valence-electron chi connectivity index (χ2n) is 4.92. The molecule has 0 aliphatic heterocycles. The van der Waals surface area contributed by atoms with E-state index < -0.39 is 0 Å². The lowest BCUT2D eigenvalue weighted by Gasteiger charge is -2.32. The Bertz CT molecular complexity index is 501. The second-order valence-corrected chi connectivity index (χ2v) is 4.92. The summed E-state index contributed by atoms with van der Waals surface area (Å²) >= 11 is 0. The van der Waals surface area contributed by atoms with Gasteiger partial charge in [-0.2, -0.15) is 0 Å². The summed E-state index contributed by atoms with van der Waals surface area (Å²) in [5, 5.41) is 0. The molecule has 0 spiro atoms. The topological polar surface area (TPSA) is 48.0 Å². The number of benzene rings is 1. The standard InChI is InChI=1S/C15H21NO4/c1-16(15(17)20-4)11-6-7-12-10(9-11)5-8-13(18-2)14(12)19-3/h5,8,11H,6-7,9H2,1-4H3. The number of likely N-dealkylation sites (N-methyl/N-ethyl adjacent to an activating group) is 1. The van der Waals surface area contributed by atoms with Gasteiger partial charge < -0.3 is 19.1 Å². The quantitative estimate of drug-likeness (QED) is 0.851. The molecule has 1 atom stereocenters. The number of carbonyl (C=O) groups is 1. The van der Waals surface area contributed by atoms with Gasteiger partial charge in [-0.05, 0) is 30.9 Å². The highest BCUT2D eigenvalue weighted by molar-refractivity contribution is 5.67. The Balaban J connectivity index is 2.25. The van der Waals surface area contributed by atoms with Crippen LogP contribution in [-0.2, 0) is 17.6 Å². The van der Waals surface area contributed by atoms with Gasteiger partial charge in [0.2, 0.25) is 0 Å². The lowest BCUT2D eigenvalue weighted by molar-refractivity contribution is 0.114. The summed E-state index contributed by atoms with van der Waals surface area (Å²) < 4.78 is 15.6.